The van der Waals surface area contributed by atoms with Gasteiger partial charge in [-0.25, -0.2) is 0 Å². The minimum atomic E-state index is -1.03. The van der Waals surface area contributed by atoms with Crippen molar-refractivity contribution in [1.29, 1.82) is 0 Å². The van der Waals surface area contributed by atoms with E-state index in [2.05, 4.69) is 9.59 Å². The Bertz CT molecular complexity index is 1120. The van der Waals surface area contributed by atoms with E-state index in [4.69, 9.17) is 10.5 Å². The number of carbonyl (C=O) groups is 2. The zero-order valence-corrected chi connectivity index (χ0v) is 19.2. The van der Waals surface area contributed by atoms with Crippen molar-refractivity contribution in [3.8, 4) is 0 Å². The molecular formula is C24H22N4O3S2. The number of β-lactam (4-membered cyclic amide) rings is 1. The zero-order valence-electron chi connectivity index (χ0n) is 17.6. The summed E-state index contributed by atoms with van der Waals surface area (Å²) in [7, 11) is 0. The Morgan fingerprint density at radius 1 is 1.15 bits per heavy atom. The molecule has 2 aliphatic heterocycles. The summed E-state index contributed by atoms with van der Waals surface area (Å²) in [5.74, 6) is -0.0761. The lowest BCUT2D eigenvalue weighted by Crippen LogP contribution is -2.72. The van der Waals surface area contributed by atoms with Gasteiger partial charge in [0.05, 0.1) is 5.69 Å². The Hall–Kier alpha value is -3.01. The van der Waals surface area contributed by atoms with E-state index >= 15 is 0 Å². The molecule has 2 unspecified atom stereocenters. The minimum Gasteiger partial charge on any atom is -0.452 e. The molecule has 33 heavy (non-hydrogen) atoms. The van der Waals surface area contributed by atoms with Crippen LogP contribution in [0.5, 0.6) is 0 Å². The van der Waals surface area contributed by atoms with Crippen LogP contribution in [-0.4, -0.2) is 50.1 Å². The van der Waals surface area contributed by atoms with Gasteiger partial charge in [-0.1, -0.05) is 71.2 Å². The molecule has 3 aromatic rings. The van der Waals surface area contributed by atoms with Gasteiger partial charge < -0.3 is 15.4 Å². The molecule has 7 nitrogen and oxygen atoms in total. The number of aromatic nitrogens is 2. The van der Waals surface area contributed by atoms with Crippen LogP contribution in [0.2, 0.25) is 0 Å². The van der Waals surface area contributed by atoms with Gasteiger partial charge in [0, 0.05) is 17.7 Å². The first-order valence-corrected chi connectivity index (χ1v) is 12.4. The maximum absolute atomic E-state index is 13.8. The average Bonchev–Trinajstić information content (AvgIpc) is 3.40. The third-order valence-electron chi connectivity index (χ3n) is 5.93. The van der Waals surface area contributed by atoms with E-state index in [9.17, 15) is 9.59 Å². The molecule has 2 aromatic carbocycles. The van der Waals surface area contributed by atoms with Gasteiger partial charge in [-0.3, -0.25) is 9.59 Å². The Labute approximate surface area is 199 Å². The maximum atomic E-state index is 13.8. The normalized spacial score (nSPS) is 24.5. The maximum Gasteiger partial charge on any atom is 0.319 e. The van der Waals surface area contributed by atoms with Crippen molar-refractivity contribution in [3.63, 3.8) is 0 Å². The molecule has 0 radical (unpaired) electrons. The van der Waals surface area contributed by atoms with Gasteiger partial charge in [0.25, 0.3) is 0 Å². The molecule has 2 N–H and O–H groups in total. The van der Waals surface area contributed by atoms with Crippen LogP contribution in [0.25, 0.3) is 6.08 Å². The topological polar surface area (TPSA) is 98.4 Å². The predicted molar refractivity (Wildman–Crippen MR) is 128 cm³/mol. The van der Waals surface area contributed by atoms with E-state index in [1.165, 1.54) is 23.3 Å². The van der Waals surface area contributed by atoms with Crippen molar-refractivity contribution < 1.29 is 14.3 Å². The standard InChI is InChI=1S/C24H22N4O3S2/c25-19-21(29)28-14-24(15-32-22(19)28,12-11-18-13-33-27-26-18)23(30)31-20(16-7-3-1-4-8-16)17-9-5-2-6-10-17/h1-13,19-20,22H,14-15,25H2/t19?,22-,24?/m1/s1. The van der Waals surface area contributed by atoms with Crippen LogP contribution in [0.15, 0.2) is 72.1 Å². The Morgan fingerprint density at radius 2 is 1.82 bits per heavy atom. The van der Waals surface area contributed by atoms with Gasteiger partial charge in [0.15, 0.2) is 6.10 Å². The number of ether oxygens (including phenoxy) is 1. The fourth-order valence-electron chi connectivity index (χ4n) is 4.09. The number of thioether (sulfide) groups is 1. The van der Waals surface area contributed by atoms with E-state index in [1.54, 1.807) is 22.4 Å². The largest absolute Gasteiger partial charge is 0.452 e. The van der Waals surface area contributed by atoms with Gasteiger partial charge in [0.1, 0.15) is 16.8 Å². The van der Waals surface area contributed by atoms with Gasteiger partial charge in [-0.2, -0.15) is 0 Å². The molecule has 2 fully saturated rings. The van der Waals surface area contributed by atoms with Crippen molar-refractivity contribution in [1.82, 2.24) is 14.5 Å². The van der Waals surface area contributed by atoms with E-state index in [0.717, 1.165) is 11.1 Å². The molecule has 1 aromatic heterocycles. The summed E-state index contributed by atoms with van der Waals surface area (Å²) < 4.78 is 10.1. The highest BCUT2D eigenvalue weighted by atomic mass is 32.2. The molecule has 168 valence electrons. The second-order valence-corrected chi connectivity index (χ2v) is 9.83. The van der Waals surface area contributed by atoms with Crippen molar-refractivity contribution >= 4 is 41.2 Å². The number of esters is 1. The van der Waals surface area contributed by atoms with E-state index in [1.807, 2.05) is 60.7 Å². The molecular weight excluding hydrogens is 456 g/mol. The summed E-state index contributed by atoms with van der Waals surface area (Å²) in [6.07, 6.45) is 3.01. The Balaban J connectivity index is 1.48. The number of benzene rings is 2. The molecule has 3 heterocycles. The molecule has 3 atom stereocenters. The third kappa shape index (κ3) is 4.19. The van der Waals surface area contributed by atoms with Crippen molar-refractivity contribution in [2.75, 3.05) is 12.3 Å². The van der Waals surface area contributed by atoms with Gasteiger partial charge in [0.2, 0.25) is 5.91 Å². The van der Waals surface area contributed by atoms with Crippen LogP contribution >= 0.6 is 23.3 Å². The first-order chi connectivity index (χ1) is 16.1. The molecule has 0 spiro atoms. The van der Waals surface area contributed by atoms with Crippen molar-refractivity contribution in [2.24, 2.45) is 11.1 Å². The zero-order chi connectivity index (χ0) is 22.8. The fourth-order valence-corrected chi connectivity index (χ4v) is 5.96. The Morgan fingerprint density at radius 3 is 2.42 bits per heavy atom. The van der Waals surface area contributed by atoms with E-state index in [-0.39, 0.29) is 23.8 Å². The van der Waals surface area contributed by atoms with Crippen LogP contribution in [-0.2, 0) is 14.3 Å². The first kappa shape index (κ1) is 21.8. The third-order valence-corrected chi connectivity index (χ3v) is 8.03. The fraction of sp³-hybridized carbons (Fsp3) is 0.250. The second kappa shape index (κ2) is 9.09. The molecule has 0 saturated carbocycles. The summed E-state index contributed by atoms with van der Waals surface area (Å²) in [6.45, 7) is 0.223. The summed E-state index contributed by atoms with van der Waals surface area (Å²) >= 11 is 2.75. The Kier molecular flexibility index (Phi) is 6.01. The number of fused-ring (bicyclic) bond motifs is 1. The highest BCUT2D eigenvalue weighted by molar-refractivity contribution is 8.00. The van der Waals surface area contributed by atoms with Crippen molar-refractivity contribution in [2.45, 2.75) is 17.5 Å². The highest BCUT2D eigenvalue weighted by Gasteiger charge is 2.55. The summed E-state index contributed by atoms with van der Waals surface area (Å²) in [4.78, 5) is 27.9. The van der Waals surface area contributed by atoms with E-state index < -0.39 is 17.6 Å². The molecule has 2 saturated heterocycles. The van der Waals surface area contributed by atoms with Crippen molar-refractivity contribution in [3.05, 3.63) is 88.9 Å². The van der Waals surface area contributed by atoms with Crippen LogP contribution in [0.1, 0.15) is 22.9 Å². The number of hydrogen-bond acceptors (Lipinski definition) is 8. The smallest absolute Gasteiger partial charge is 0.319 e. The van der Waals surface area contributed by atoms with Gasteiger partial charge in [-0.15, -0.1) is 16.9 Å². The van der Waals surface area contributed by atoms with Gasteiger partial charge in [-0.05, 0) is 28.7 Å². The number of hydrogen-bond donors (Lipinski definition) is 1. The number of carbonyl (C=O) groups excluding carboxylic acids is 2. The molecule has 1 amide bonds. The van der Waals surface area contributed by atoms with Crippen LogP contribution in [0.4, 0.5) is 0 Å². The summed E-state index contributed by atoms with van der Waals surface area (Å²) in [6, 6.07) is 18.8. The van der Waals surface area contributed by atoms with E-state index in [0.29, 0.717) is 11.4 Å². The number of nitrogens with zero attached hydrogens (tertiary/aromatic N) is 3. The lowest BCUT2D eigenvalue weighted by Gasteiger charge is -2.52. The molecule has 9 heteroatoms. The second-order valence-electron chi connectivity index (χ2n) is 8.12. The number of amides is 1. The van der Waals surface area contributed by atoms with Crippen LogP contribution in [0.3, 0.4) is 0 Å². The lowest BCUT2D eigenvalue weighted by molar-refractivity contribution is -0.161. The van der Waals surface area contributed by atoms with Crippen LogP contribution < -0.4 is 5.73 Å². The van der Waals surface area contributed by atoms with Gasteiger partial charge >= 0.3 is 5.97 Å². The average molecular weight is 479 g/mol. The monoisotopic (exact) mass is 478 g/mol. The summed E-state index contributed by atoms with van der Waals surface area (Å²) in [5.41, 5.74) is 7.35. The lowest BCUT2D eigenvalue weighted by atomic mass is 9.86. The highest BCUT2D eigenvalue weighted by Crippen LogP contribution is 2.44. The molecule has 0 bridgehead atoms. The summed E-state index contributed by atoms with van der Waals surface area (Å²) in [5, 5.41) is 5.74. The van der Waals surface area contributed by atoms with Crippen LogP contribution in [0, 0.1) is 5.41 Å². The SMILES string of the molecule is NC1C(=O)N2CC(C=Cc3csnn3)(C(=O)OC(c3ccccc3)c3ccccc3)CS[C@H]12. The molecule has 2 aliphatic rings. The minimum absolute atomic E-state index is 0.105. The predicted octanol–water partition coefficient (Wildman–Crippen LogP) is 3.11. The first-order valence-electron chi connectivity index (χ1n) is 10.5. The quantitative estimate of drug-likeness (QED) is 0.429. The molecule has 5 rings (SSSR count). The number of rotatable bonds is 6. The number of nitrogens with two attached hydrogens (primary N) is 1. The molecule has 0 aliphatic carbocycles.